The fourth-order valence-electron chi connectivity index (χ4n) is 4.25. The normalized spacial score (nSPS) is 18.9. The molecule has 4 rings (SSSR count). The molecule has 9 nitrogen and oxygen atoms in total. The summed E-state index contributed by atoms with van der Waals surface area (Å²) in [5.41, 5.74) is 3.82. The van der Waals surface area contributed by atoms with Gasteiger partial charge < -0.3 is 15.7 Å². The molecule has 10 heteroatoms. The fraction of sp³-hybridized carbons (Fsp3) is 0.360. The van der Waals surface area contributed by atoms with E-state index in [1.54, 1.807) is 12.3 Å². The number of nitrogens with zero attached hydrogens (tertiary/aromatic N) is 3. The predicted octanol–water partition coefficient (Wildman–Crippen LogP) is 2.33. The van der Waals surface area contributed by atoms with Gasteiger partial charge >= 0.3 is 0 Å². The van der Waals surface area contributed by atoms with Crippen molar-refractivity contribution in [3.05, 3.63) is 65.9 Å². The smallest absolute Gasteiger partial charge is 0.241 e. The third kappa shape index (κ3) is 6.55. The molecule has 0 spiro atoms. The summed E-state index contributed by atoms with van der Waals surface area (Å²) in [6.07, 6.45) is 2.23. The topological polar surface area (TPSA) is 133 Å². The summed E-state index contributed by atoms with van der Waals surface area (Å²) in [6, 6.07) is 15.7. The van der Waals surface area contributed by atoms with Crippen molar-refractivity contribution in [2.75, 3.05) is 25.0 Å². The molecule has 2 aromatic carbocycles. The summed E-state index contributed by atoms with van der Waals surface area (Å²) in [7, 11) is -3.99. The van der Waals surface area contributed by atoms with E-state index in [-0.39, 0.29) is 10.6 Å². The zero-order valence-electron chi connectivity index (χ0n) is 20.0. The van der Waals surface area contributed by atoms with Crippen molar-refractivity contribution < 1.29 is 13.5 Å². The van der Waals surface area contributed by atoms with Gasteiger partial charge in [-0.25, -0.2) is 23.5 Å². The third-order valence-electron chi connectivity index (χ3n) is 6.18. The molecule has 0 unspecified atom stereocenters. The zero-order valence-corrected chi connectivity index (χ0v) is 20.8. The van der Waals surface area contributed by atoms with Crippen LogP contribution in [0.3, 0.4) is 0 Å². The lowest BCUT2D eigenvalue weighted by molar-refractivity contribution is 0.139. The Balaban J connectivity index is 1.41. The number of phenols is 1. The van der Waals surface area contributed by atoms with Crippen molar-refractivity contribution in [1.82, 2.24) is 20.2 Å². The van der Waals surface area contributed by atoms with Crippen LogP contribution in [0.1, 0.15) is 25.0 Å². The molecule has 1 fully saturated rings. The van der Waals surface area contributed by atoms with E-state index in [0.29, 0.717) is 31.0 Å². The van der Waals surface area contributed by atoms with E-state index in [9.17, 15) is 13.5 Å². The van der Waals surface area contributed by atoms with Crippen molar-refractivity contribution in [3.8, 4) is 17.0 Å². The first-order valence-electron chi connectivity index (χ1n) is 11.7. The molecule has 1 aromatic heterocycles. The third-order valence-corrected chi connectivity index (χ3v) is 7.13. The molecule has 0 saturated carbocycles. The number of anilines is 1. The van der Waals surface area contributed by atoms with E-state index >= 15 is 0 Å². The lowest BCUT2D eigenvalue weighted by Crippen LogP contribution is -2.53. The van der Waals surface area contributed by atoms with Crippen LogP contribution < -0.4 is 15.8 Å². The van der Waals surface area contributed by atoms with Gasteiger partial charge in [0.25, 0.3) is 0 Å². The molecule has 0 aliphatic carbocycles. The Kier molecular flexibility index (Phi) is 7.66. The Morgan fingerprint density at radius 1 is 1.17 bits per heavy atom. The van der Waals surface area contributed by atoms with Gasteiger partial charge in [0.1, 0.15) is 10.6 Å². The SMILES string of the molecule is C[C@H]1CN(Cc2cccc(-c3ccnc(NCCc4ccc(O)c(S(N)(=O)=O)c4)n3)c2)[C@@H](C)CN1. The number of piperazine rings is 1. The highest BCUT2D eigenvalue weighted by Crippen LogP contribution is 2.23. The Hall–Kier alpha value is -3.05. The van der Waals surface area contributed by atoms with E-state index in [0.717, 1.165) is 36.5 Å². The van der Waals surface area contributed by atoms with E-state index in [2.05, 4.69) is 57.5 Å². The van der Waals surface area contributed by atoms with E-state index in [1.165, 1.54) is 17.7 Å². The minimum atomic E-state index is -3.99. The van der Waals surface area contributed by atoms with E-state index < -0.39 is 10.0 Å². The van der Waals surface area contributed by atoms with Crippen LogP contribution in [0.25, 0.3) is 11.3 Å². The van der Waals surface area contributed by atoms with Gasteiger partial charge in [-0.05, 0) is 55.7 Å². The van der Waals surface area contributed by atoms with E-state index in [4.69, 9.17) is 5.14 Å². The second-order valence-corrected chi connectivity index (χ2v) is 10.6. The number of phenolic OH excluding ortho intramolecular Hbond substituents is 1. The fourth-order valence-corrected chi connectivity index (χ4v) is 4.92. The average Bonchev–Trinajstić information content (AvgIpc) is 2.82. The van der Waals surface area contributed by atoms with Crippen molar-refractivity contribution in [1.29, 1.82) is 0 Å². The first kappa shape index (κ1) is 25.1. The lowest BCUT2D eigenvalue weighted by atomic mass is 10.1. The van der Waals surface area contributed by atoms with Crippen LogP contribution in [-0.4, -0.2) is 60.1 Å². The molecular formula is C25H32N6O3S. The summed E-state index contributed by atoms with van der Waals surface area (Å²) >= 11 is 0. The van der Waals surface area contributed by atoms with Gasteiger partial charge in [0, 0.05) is 50.0 Å². The van der Waals surface area contributed by atoms with Crippen LogP contribution in [0.15, 0.2) is 59.6 Å². The van der Waals surface area contributed by atoms with Crippen molar-refractivity contribution >= 4 is 16.0 Å². The number of aromatic nitrogens is 2. The Bertz CT molecular complexity index is 1280. The van der Waals surface area contributed by atoms with Gasteiger partial charge in [0.2, 0.25) is 16.0 Å². The standard InChI is InChI=1S/C25H32N6O3S/c1-17-15-31(18(2)14-29-17)16-20-4-3-5-21(12-20)22-9-11-28-25(30-22)27-10-8-19-6-7-23(32)24(13-19)35(26,33)34/h3-7,9,11-13,17-18,29,32H,8,10,14-16H2,1-2H3,(H2,26,33,34)(H,27,28,30)/t17-,18-/m0/s1. The molecule has 186 valence electrons. The van der Waals surface area contributed by atoms with Crippen molar-refractivity contribution in [3.63, 3.8) is 0 Å². The molecule has 2 atom stereocenters. The summed E-state index contributed by atoms with van der Waals surface area (Å²) in [6.45, 7) is 7.86. The number of aromatic hydroxyl groups is 1. The summed E-state index contributed by atoms with van der Waals surface area (Å²) < 4.78 is 23.2. The zero-order chi connectivity index (χ0) is 25.0. The molecule has 2 heterocycles. The first-order chi connectivity index (χ1) is 16.7. The maximum atomic E-state index is 11.6. The molecular weight excluding hydrogens is 464 g/mol. The van der Waals surface area contributed by atoms with Crippen LogP contribution in [0, 0.1) is 0 Å². The Morgan fingerprint density at radius 2 is 2.00 bits per heavy atom. The maximum Gasteiger partial charge on any atom is 0.241 e. The molecule has 1 aliphatic rings. The summed E-state index contributed by atoms with van der Waals surface area (Å²) in [5, 5.41) is 21.6. The van der Waals surface area contributed by atoms with Crippen LogP contribution in [-0.2, 0) is 23.0 Å². The average molecular weight is 497 g/mol. The molecule has 5 N–H and O–H groups in total. The van der Waals surface area contributed by atoms with Gasteiger partial charge in [-0.2, -0.15) is 0 Å². The van der Waals surface area contributed by atoms with Gasteiger partial charge in [0.05, 0.1) is 5.69 Å². The number of sulfonamides is 1. The number of rotatable bonds is 8. The largest absolute Gasteiger partial charge is 0.507 e. The van der Waals surface area contributed by atoms with Crippen LogP contribution in [0.2, 0.25) is 0 Å². The molecule has 0 amide bonds. The highest BCUT2D eigenvalue weighted by molar-refractivity contribution is 7.89. The van der Waals surface area contributed by atoms with E-state index in [1.807, 2.05) is 12.1 Å². The number of nitrogens with one attached hydrogen (secondary N) is 2. The number of hydrogen-bond donors (Lipinski definition) is 4. The van der Waals surface area contributed by atoms with Gasteiger partial charge in [-0.1, -0.05) is 24.3 Å². The molecule has 1 saturated heterocycles. The second-order valence-electron chi connectivity index (χ2n) is 9.08. The molecule has 0 bridgehead atoms. The Labute approximate surface area is 206 Å². The van der Waals surface area contributed by atoms with Gasteiger partial charge in [-0.15, -0.1) is 0 Å². The predicted molar refractivity (Wildman–Crippen MR) is 136 cm³/mol. The van der Waals surface area contributed by atoms with Crippen molar-refractivity contribution in [2.45, 2.75) is 43.8 Å². The molecule has 3 aromatic rings. The van der Waals surface area contributed by atoms with Gasteiger partial charge in [-0.3, -0.25) is 4.90 Å². The van der Waals surface area contributed by atoms with Crippen LogP contribution in [0.5, 0.6) is 5.75 Å². The van der Waals surface area contributed by atoms with Crippen molar-refractivity contribution in [2.24, 2.45) is 5.14 Å². The molecule has 0 radical (unpaired) electrons. The second kappa shape index (κ2) is 10.7. The summed E-state index contributed by atoms with van der Waals surface area (Å²) in [4.78, 5) is 11.2. The first-order valence-corrected chi connectivity index (χ1v) is 13.2. The minimum absolute atomic E-state index is 0.280. The maximum absolute atomic E-state index is 11.6. The molecule has 1 aliphatic heterocycles. The molecule has 35 heavy (non-hydrogen) atoms. The van der Waals surface area contributed by atoms with Crippen LogP contribution >= 0.6 is 0 Å². The number of hydrogen-bond acceptors (Lipinski definition) is 8. The number of nitrogens with two attached hydrogens (primary N) is 1. The Morgan fingerprint density at radius 3 is 2.80 bits per heavy atom. The lowest BCUT2D eigenvalue weighted by Gasteiger charge is -2.37. The number of primary sulfonamides is 1. The highest BCUT2D eigenvalue weighted by atomic mass is 32.2. The monoisotopic (exact) mass is 496 g/mol. The highest BCUT2D eigenvalue weighted by Gasteiger charge is 2.22. The van der Waals surface area contributed by atoms with Gasteiger partial charge in [0.15, 0.2) is 0 Å². The number of benzene rings is 2. The minimum Gasteiger partial charge on any atom is -0.507 e. The summed E-state index contributed by atoms with van der Waals surface area (Å²) in [5.74, 6) is 0.131. The van der Waals surface area contributed by atoms with Crippen LogP contribution in [0.4, 0.5) is 5.95 Å². The quantitative estimate of drug-likeness (QED) is 0.373.